The Bertz CT molecular complexity index is 567. The van der Waals surface area contributed by atoms with E-state index in [4.69, 9.17) is 9.84 Å². The van der Waals surface area contributed by atoms with Gasteiger partial charge in [-0.2, -0.15) is 0 Å². The fourth-order valence-corrected chi connectivity index (χ4v) is 1.20. The summed E-state index contributed by atoms with van der Waals surface area (Å²) in [5.74, 6) is -2.97. The van der Waals surface area contributed by atoms with Crippen LogP contribution in [0, 0.1) is 11.6 Å². The molecule has 0 aliphatic heterocycles. The van der Waals surface area contributed by atoms with Crippen LogP contribution >= 0.6 is 0 Å². The number of hydrogen-bond acceptors (Lipinski definition) is 4. The molecule has 2 aromatic rings. The average Bonchev–Trinajstić information content (AvgIpc) is 2.28. The highest BCUT2D eigenvalue weighted by Gasteiger charge is 2.07. The van der Waals surface area contributed by atoms with Crippen molar-refractivity contribution >= 4 is 5.97 Å². The first kappa shape index (κ1) is 11.9. The lowest BCUT2D eigenvalue weighted by atomic mass is 10.3. The van der Waals surface area contributed by atoms with Gasteiger partial charge in [0.1, 0.15) is 17.4 Å². The van der Waals surface area contributed by atoms with Crippen molar-refractivity contribution in [2.24, 2.45) is 0 Å². The van der Waals surface area contributed by atoms with E-state index >= 15 is 0 Å². The molecule has 1 aromatic heterocycles. The molecule has 0 aliphatic carbocycles. The van der Waals surface area contributed by atoms with Gasteiger partial charge in [-0.1, -0.05) is 0 Å². The second-order valence-corrected chi connectivity index (χ2v) is 3.27. The van der Waals surface area contributed by atoms with Crippen LogP contribution in [0.4, 0.5) is 8.78 Å². The Morgan fingerprint density at radius 1 is 1.11 bits per heavy atom. The van der Waals surface area contributed by atoms with Crippen LogP contribution < -0.4 is 4.74 Å². The Morgan fingerprint density at radius 3 is 2.28 bits per heavy atom. The number of aromatic carboxylic acids is 1. The van der Waals surface area contributed by atoms with Crippen molar-refractivity contribution in [1.82, 2.24) is 10.2 Å². The molecular formula is C11H6F2N2O3. The number of carbonyl (C=O) groups is 1. The van der Waals surface area contributed by atoms with E-state index in [-0.39, 0.29) is 17.3 Å². The number of carboxylic acid groups (broad SMARTS) is 1. The molecule has 0 amide bonds. The van der Waals surface area contributed by atoms with Gasteiger partial charge in [-0.3, -0.25) is 0 Å². The van der Waals surface area contributed by atoms with Crippen molar-refractivity contribution < 1.29 is 23.4 Å². The monoisotopic (exact) mass is 252 g/mol. The number of nitrogens with zero attached hydrogens (tertiary/aromatic N) is 2. The molecule has 0 unspecified atom stereocenters. The van der Waals surface area contributed by atoms with Crippen molar-refractivity contribution in [3.05, 3.63) is 47.7 Å². The van der Waals surface area contributed by atoms with E-state index in [1.807, 2.05) is 0 Å². The Labute approximate surface area is 99.7 Å². The molecule has 1 aromatic carbocycles. The van der Waals surface area contributed by atoms with Gasteiger partial charge in [0.25, 0.3) is 0 Å². The third kappa shape index (κ3) is 2.76. The molecule has 1 heterocycles. The molecule has 2 rings (SSSR count). The highest BCUT2D eigenvalue weighted by Crippen LogP contribution is 2.21. The van der Waals surface area contributed by atoms with Crippen LogP contribution in [0.3, 0.4) is 0 Å². The topological polar surface area (TPSA) is 72.3 Å². The van der Waals surface area contributed by atoms with E-state index in [9.17, 15) is 13.6 Å². The molecule has 0 saturated carbocycles. The molecule has 0 fully saturated rings. The second-order valence-electron chi connectivity index (χ2n) is 3.27. The van der Waals surface area contributed by atoms with Gasteiger partial charge in [0.15, 0.2) is 5.69 Å². The zero-order chi connectivity index (χ0) is 13.1. The van der Waals surface area contributed by atoms with Crippen LogP contribution in [-0.4, -0.2) is 21.3 Å². The SMILES string of the molecule is O=C(O)c1ccc(Oc2cc(F)cc(F)c2)nn1. The summed E-state index contributed by atoms with van der Waals surface area (Å²) in [5, 5.41) is 15.4. The van der Waals surface area contributed by atoms with E-state index in [2.05, 4.69) is 10.2 Å². The summed E-state index contributed by atoms with van der Waals surface area (Å²) in [6.45, 7) is 0. The standard InChI is InChI=1S/C11H6F2N2O3/c12-6-3-7(13)5-8(4-6)18-10-2-1-9(11(16)17)14-15-10/h1-5H,(H,16,17). The van der Waals surface area contributed by atoms with Crippen molar-refractivity contribution in [3.8, 4) is 11.6 Å². The van der Waals surface area contributed by atoms with Gasteiger partial charge < -0.3 is 9.84 Å². The molecule has 92 valence electrons. The minimum atomic E-state index is -1.23. The summed E-state index contributed by atoms with van der Waals surface area (Å²) < 4.78 is 30.8. The smallest absolute Gasteiger partial charge is 0.356 e. The maximum Gasteiger partial charge on any atom is 0.356 e. The predicted molar refractivity (Wildman–Crippen MR) is 55.4 cm³/mol. The summed E-state index contributed by atoms with van der Waals surface area (Å²) in [6, 6.07) is 5.04. The summed E-state index contributed by atoms with van der Waals surface area (Å²) in [7, 11) is 0. The van der Waals surface area contributed by atoms with Crippen LogP contribution in [0.25, 0.3) is 0 Å². The van der Waals surface area contributed by atoms with Crippen LogP contribution in [0.5, 0.6) is 11.6 Å². The van der Waals surface area contributed by atoms with E-state index in [0.717, 1.165) is 12.1 Å². The van der Waals surface area contributed by atoms with Crippen LogP contribution in [0.15, 0.2) is 30.3 Å². The fourth-order valence-electron chi connectivity index (χ4n) is 1.20. The third-order valence-corrected chi connectivity index (χ3v) is 1.92. The number of benzene rings is 1. The third-order valence-electron chi connectivity index (χ3n) is 1.92. The summed E-state index contributed by atoms with van der Waals surface area (Å²) in [5.41, 5.74) is -0.257. The van der Waals surface area contributed by atoms with Gasteiger partial charge in [0.2, 0.25) is 5.88 Å². The fraction of sp³-hybridized carbons (Fsp3) is 0. The van der Waals surface area contributed by atoms with Crippen LogP contribution in [0.1, 0.15) is 10.5 Å². The van der Waals surface area contributed by atoms with E-state index < -0.39 is 17.6 Å². The molecule has 0 saturated heterocycles. The quantitative estimate of drug-likeness (QED) is 0.906. The Hall–Kier alpha value is -2.57. The summed E-state index contributed by atoms with van der Waals surface area (Å²) in [6.07, 6.45) is 0. The lowest BCUT2D eigenvalue weighted by molar-refractivity contribution is 0.0689. The molecule has 0 spiro atoms. The van der Waals surface area contributed by atoms with Crippen molar-refractivity contribution in [3.63, 3.8) is 0 Å². The molecule has 0 aliphatic rings. The first-order valence-electron chi connectivity index (χ1n) is 4.75. The van der Waals surface area contributed by atoms with Gasteiger partial charge in [-0.15, -0.1) is 10.2 Å². The van der Waals surface area contributed by atoms with Crippen molar-refractivity contribution in [2.75, 3.05) is 0 Å². The highest BCUT2D eigenvalue weighted by molar-refractivity contribution is 5.84. The number of ether oxygens (including phenoxy) is 1. The maximum absolute atomic E-state index is 12.9. The lowest BCUT2D eigenvalue weighted by Crippen LogP contribution is -2.02. The first-order valence-corrected chi connectivity index (χ1v) is 4.75. The second kappa shape index (κ2) is 4.74. The van der Waals surface area contributed by atoms with Gasteiger partial charge in [-0.05, 0) is 6.07 Å². The van der Waals surface area contributed by atoms with Crippen LogP contribution in [0.2, 0.25) is 0 Å². The van der Waals surface area contributed by atoms with Crippen LogP contribution in [-0.2, 0) is 0 Å². The molecular weight excluding hydrogens is 246 g/mol. The lowest BCUT2D eigenvalue weighted by Gasteiger charge is -2.04. The average molecular weight is 252 g/mol. The molecule has 0 bridgehead atoms. The number of aromatic nitrogens is 2. The van der Waals surface area contributed by atoms with Gasteiger partial charge >= 0.3 is 5.97 Å². The zero-order valence-corrected chi connectivity index (χ0v) is 8.80. The normalized spacial score (nSPS) is 10.1. The number of hydrogen-bond donors (Lipinski definition) is 1. The number of rotatable bonds is 3. The Balaban J connectivity index is 2.20. The predicted octanol–water partition coefficient (Wildman–Crippen LogP) is 2.25. The Kier molecular flexibility index (Phi) is 3.13. The van der Waals surface area contributed by atoms with Crippen molar-refractivity contribution in [2.45, 2.75) is 0 Å². The molecule has 7 heteroatoms. The molecule has 0 atom stereocenters. The van der Waals surface area contributed by atoms with Gasteiger partial charge in [-0.25, -0.2) is 13.6 Å². The Morgan fingerprint density at radius 2 is 1.78 bits per heavy atom. The van der Waals surface area contributed by atoms with E-state index in [0.29, 0.717) is 6.07 Å². The summed E-state index contributed by atoms with van der Waals surface area (Å²) >= 11 is 0. The van der Waals surface area contributed by atoms with E-state index in [1.165, 1.54) is 12.1 Å². The molecule has 18 heavy (non-hydrogen) atoms. The molecule has 1 N–H and O–H groups in total. The minimum absolute atomic E-state index is 0.0648. The highest BCUT2D eigenvalue weighted by atomic mass is 19.1. The summed E-state index contributed by atoms with van der Waals surface area (Å²) in [4.78, 5) is 10.5. The van der Waals surface area contributed by atoms with Gasteiger partial charge in [0.05, 0.1) is 0 Å². The minimum Gasteiger partial charge on any atom is -0.476 e. The molecule has 5 nitrogen and oxygen atoms in total. The first-order chi connectivity index (χ1) is 8.54. The molecule has 0 radical (unpaired) electrons. The van der Waals surface area contributed by atoms with Gasteiger partial charge in [0, 0.05) is 24.3 Å². The number of carboxylic acids is 1. The maximum atomic E-state index is 12.9. The van der Waals surface area contributed by atoms with E-state index in [1.54, 1.807) is 0 Å². The number of halogens is 2. The van der Waals surface area contributed by atoms with Crippen molar-refractivity contribution in [1.29, 1.82) is 0 Å². The zero-order valence-electron chi connectivity index (χ0n) is 8.80. The largest absolute Gasteiger partial charge is 0.476 e.